The standard InChI is InChI=1S/C20H20Cl2N2O2S/c1-3-13-4-6-14(7-5-13)12-17(25)23-20-24(10-11-26-2)18-15(21)8-9-16(22)19(18)27-20/h4-9H,3,10-12H2,1-2H3. The molecule has 0 radical (unpaired) electrons. The van der Waals surface area contributed by atoms with Gasteiger partial charge in [-0.1, -0.05) is 65.7 Å². The summed E-state index contributed by atoms with van der Waals surface area (Å²) in [6.45, 7) is 3.12. The molecule has 0 fully saturated rings. The number of benzene rings is 2. The minimum Gasteiger partial charge on any atom is -0.383 e. The maximum Gasteiger partial charge on any atom is 0.252 e. The molecule has 1 aromatic heterocycles. The Bertz CT molecular complexity index is 1020. The molecule has 3 aromatic rings. The Morgan fingerprint density at radius 1 is 1.11 bits per heavy atom. The van der Waals surface area contributed by atoms with E-state index in [0.29, 0.717) is 28.0 Å². The van der Waals surface area contributed by atoms with Gasteiger partial charge in [-0.2, -0.15) is 4.99 Å². The average molecular weight is 423 g/mol. The van der Waals surface area contributed by atoms with Gasteiger partial charge in [0.05, 0.1) is 33.3 Å². The third-order valence-corrected chi connectivity index (χ3v) is 6.10. The lowest BCUT2D eigenvalue weighted by molar-refractivity contribution is -0.117. The first-order valence-electron chi connectivity index (χ1n) is 8.65. The number of halogens is 2. The summed E-state index contributed by atoms with van der Waals surface area (Å²) in [5.74, 6) is -0.204. The molecule has 27 heavy (non-hydrogen) atoms. The second kappa shape index (κ2) is 9.02. The molecule has 0 saturated carbocycles. The molecule has 0 saturated heterocycles. The Hall–Kier alpha value is -1.66. The van der Waals surface area contributed by atoms with Crippen molar-refractivity contribution in [2.45, 2.75) is 26.3 Å². The highest BCUT2D eigenvalue weighted by Crippen LogP contribution is 2.31. The molecule has 0 aliphatic heterocycles. The number of carbonyl (C=O) groups is 1. The Labute approximate surface area is 172 Å². The first kappa shape index (κ1) is 20.1. The van der Waals surface area contributed by atoms with E-state index in [1.165, 1.54) is 16.9 Å². The van der Waals surface area contributed by atoms with E-state index in [2.05, 4.69) is 11.9 Å². The molecular formula is C20H20Cl2N2O2S. The van der Waals surface area contributed by atoms with E-state index in [0.717, 1.165) is 22.2 Å². The molecule has 3 rings (SSSR count). The van der Waals surface area contributed by atoms with Gasteiger partial charge in [-0.25, -0.2) is 0 Å². The fraction of sp³-hybridized carbons (Fsp3) is 0.300. The molecule has 0 aliphatic carbocycles. The molecule has 0 bridgehead atoms. The largest absolute Gasteiger partial charge is 0.383 e. The number of aromatic nitrogens is 1. The highest BCUT2D eigenvalue weighted by molar-refractivity contribution is 7.17. The van der Waals surface area contributed by atoms with Gasteiger partial charge in [0.1, 0.15) is 0 Å². The summed E-state index contributed by atoms with van der Waals surface area (Å²) < 4.78 is 7.91. The highest BCUT2D eigenvalue weighted by atomic mass is 35.5. The van der Waals surface area contributed by atoms with Crippen LogP contribution in [0.1, 0.15) is 18.1 Å². The van der Waals surface area contributed by atoms with Crippen molar-refractivity contribution in [1.82, 2.24) is 4.57 Å². The first-order valence-corrected chi connectivity index (χ1v) is 10.2. The summed E-state index contributed by atoms with van der Waals surface area (Å²) in [6, 6.07) is 11.5. The van der Waals surface area contributed by atoms with Crippen LogP contribution in [0.4, 0.5) is 0 Å². The van der Waals surface area contributed by atoms with Crippen LogP contribution in [-0.4, -0.2) is 24.2 Å². The Balaban J connectivity index is 1.99. The fourth-order valence-electron chi connectivity index (χ4n) is 2.80. The van der Waals surface area contributed by atoms with Crippen LogP contribution >= 0.6 is 34.5 Å². The molecule has 142 valence electrons. The molecule has 1 amide bonds. The summed E-state index contributed by atoms with van der Waals surface area (Å²) in [6.07, 6.45) is 1.23. The number of fused-ring (bicyclic) bond motifs is 1. The Kier molecular flexibility index (Phi) is 6.71. The molecule has 0 spiro atoms. The molecule has 0 N–H and O–H groups in total. The molecule has 1 heterocycles. The molecule has 0 atom stereocenters. The number of aryl methyl sites for hydroxylation is 1. The van der Waals surface area contributed by atoms with Crippen molar-refractivity contribution in [3.05, 3.63) is 62.4 Å². The quantitative estimate of drug-likeness (QED) is 0.567. The van der Waals surface area contributed by atoms with Gasteiger partial charge >= 0.3 is 0 Å². The Morgan fingerprint density at radius 2 is 1.78 bits per heavy atom. The number of hydrogen-bond donors (Lipinski definition) is 0. The number of methoxy groups -OCH3 is 1. The van der Waals surface area contributed by atoms with Crippen molar-refractivity contribution in [3.8, 4) is 0 Å². The first-order chi connectivity index (χ1) is 13.0. The van der Waals surface area contributed by atoms with Crippen molar-refractivity contribution < 1.29 is 9.53 Å². The predicted octanol–water partition coefficient (Wildman–Crippen LogP) is 4.89. The van der Waals surface area contributed by atoms with Gasteiger partial charge in [0.25, 0.3) is 5.91 Å². The topological polar surface area (TPSA) is 43.6 Å². The second-order valence-corrected chi connectivity index (χ2v) is 7.88. The van der Waals surface area contributed by atoms with Gasteiger partial charge in [-0.05, 0) is 29.7 Å². The predicted molar refractivity (Wildman–Crippen MR) is 112 cm³/mol. The van der Waals surface area contributed by atoms with Crippen LogP contribution in [0.3, 0.4) is 0 Å². The van der Waals surface area contributed by atoms with Crippen LogP contribution in [0.2, 0.25) is 10.0 Å². The van der Waals surface area contributed by atoms with Gasteiger partial charge in [-0.3, -0.25) is 4.79 Å². The summed E-state index contributed by atoms with van der Waals surface area (Å²) in [5, 5.41) is 1.17. The number of rotatable bonds is 6. The van der Waals surface area contributed by atoms with E-state index in [1.807, 2.05) is 28.8 Å². The molecule has 4 nitrogen and oxygen atoms in total. The lowest BCUT2D eigenvalue weighted by Crippen LogP contribution is -2.20. The molecule has 2 aromatic carbocycles. The molecule has 0 unspecified atom stereocenters. The number of nitrogens with zero attached hydrogens (tertiary/aromatic N) is 2. The summed E-state index contributed by atoms with van der Waals surface area (Å²) in [7, 11) is 1.63. The molecular weight excluding hydrogens is 403 g/mol. The number of carbonyl (C=O) groups excluding carboxylic acids is 1. The normalized spacial score (nSPS) is 12.1. The van der Waals surface area contributed by atoms with Crippen LogP contribution in [0.15, 0.2) is 41.4 Å². The highest BCUT2D eigenvalue weighted by Gasteiger charge is 2.14. The number of ether oxygens (including phenoxy) is 1. The van der Waals surface area contributed by atoms with Crippen LogP contribution in [0.25, 0.3) is 10.2 Å². The Morgan fingerprint density at radius 3 is 2.44 bits per heavy atom. The number of amides is 1. The van der Waals surface area contributed by atoms with E-state index in [4.69, 9.17) is 27.9 Å². The smallest absolute Gasteiger partial charge is 0.252 e. The van der Waals surface area contributed by atoms with Gasteiger partial charge in [0, 0.05) is 13.7 Å². The van der Waals surface area contributed by atoms with Crippen molar-refractivity contribution in [1.29, 1.82) is 0 Å². The van der Waals surface area contributed by atoms with E-state index < -0.39 is 0 Å². The number of hydrogen-bond acceptors (Lipinski definition) is 3. The third kappa shape index (κ3) is 4.61. The van der Waals surface area contributed by atoms with Gasteiger partial charge < -0.3 is 9.30 Å². The van der Waals surface area contributed by atoms with Crippen molar-refractivity contribution >= 4 is 50.7 Å². The average Bonchev–Trinajstić information content (AvgIpc) is 3.03. The zero-order chi connectivity index (χ0) is 19.4. The third-order valence-electron chi connectivity index (χ3n) is 4.25. The maximum absolute atomic E-state index is 12.5. The zero-order valence-corrected chi connectivity index (χ0v) is 17.5. The summed E-state index contributed by atoms with van der Waals surface area (Å²) in [4.78, 5) is 17.5. The second-order valence-electron chi connectivity index (χ2n) is 6.09. The van der Waals surface area contributed by atoms with E-state index in [9.17, 15) is 4.79 Å². The van der Waals surface area contributed by atoms with Crippen molar-refractivity contribution in [2.75, 3.05) is 13.7 Å². The minimum absolute atomic E-state index is 0.204. The van der Waals surface area contributed by atoms with Crippen LogP contribution in [0.5, 0.6) is 0 Å². The monoisotopic (exact) mass is 422 g/mol. The summed E-state index contributed by atoms with van der Waals surface area (Å²) in [5.41, 5.74) is 2.97. The number of thiazole rings is 1. The SMILES string of the molecule is CCc1ccc(CC(=O)N=c2sc3c(Cl)ccc(Cl)c3n2CCOC)cc1. The van der Waals surface area contributed by atoms with Crippen molar-refractivity contribution in [2.24, 2.45) is 4.99 Å². The van der Waals surface area contributed by atoms with Crippen LogP contribution in [0, 0.1) is 0 Å². The maximum atomic E-state index is 12.5. The van der Waals surface area contributed by atoms with Crippen molar-refractivity contribution in [3.63, 3.8) is 0 Å². The van der Waals surface area contributed by atoms with Gasteiger partial charge in [0.2, 0.25) is 0 Å². The zero-order valence-electron chi connectivity index (χ0n) is 15.2. The van der Waals surface area contributed by atoms with Crippen LogP contribution < -0.4 is 4.80 Å². The lowest BCUT2D eigenvalue weighted by Gasteiger charge is -2.06. The minimum atomic E-state index is -0.204. The van der Waals surface area contributed by atoms with Gasteiger partial charge in [-0.15, -0.1) is 0 Å². The molecule has 7 heteroatoms. The van der Waals surface area contributed by atoms with Gasteiger partial charge in [0.15, 0.2) is 4.80 Å². The van der Waals surface area contributed by atoms with E-state index in [1.54, 1.807) is 19.2 Å². The van der Waals surface area contributed by atoms with E-state index in [-0.39, 0.29) is 12.3 Å². The molecule has 0 aliphatic rings. The lowest BCUT2D eigenvalue weighted by atomic mass is 10.1. The van der Waals surface area contributed by atoms with Crippen LogP contribution in [-0.2, 0) is 28.9 Å². The summed E-state index contributed by atoms with van der Waals surface area (Å²) >= 11 is 14.1. The fourth-order valence-corrected chi connectivity index (χ4v) is 4.49. The van der Waals surface area contributed by atoms with E-state index >= 15 is 0 Å².